The number of esters is 1. The molecule has 1 atom stereocenters. The van der Waals surface area contributed by atoms with Gasteiger partial charge in [-0.3, -0.25) is 4.79 Å². The lowest BCUT2D eigenvalue weighted by Gasteiger charge is -2.11. The Morgan fingerprint density at radius 1 is 1.26 bits per heavy atom. The van der Waals surface area contributed by atoms with Crippen molar-refractivity contribution in [3.8, 4) is 5.75 Å². The molecule has 1 aromatic carbocycles. The highest BCUT2D eigenvalue weighted by molar-refractivity contribution is 9.09. The molecule has 0 aromatic heterocycles. The fourth-order valence-electron chi connectivity index (χ4n) is 1.65. The van der Waals surface area contributed by atoms with Crippen molar-refractivity contribution >= 4 is 21.9 Å². The third-order valence-electron chi connectivity index (χ3n) is 2.98. The maximum absolute atomic E-state index is 11.1. The highest BCUT2D eigenvalue weighted by atomic mass is 79.9. The zero-order valence-corrected chi connectivity index (χ0v) is 13.1. The second kappa shape index (κ2) is 8.97. The standard InChI is InChI=1S/C15H21BrO3/c1-12(7-9-16)8-10-19-14-5-3-13(4-6-14)11-15(17)18-2/h3-6,12H,7-11H2,1-2H3. The molecule has 4 heteroatoms. The van der Waals surface area contributed by atoms with E-state index in [2.05, 4.69) is 27.6 Å². The summed E-state index contributed by atoms with van der Waals surface area (Å²) in [6, 6.07) is 7.59. The van der Waals surface area contributed by atoms with E-state index in [9.17, 15) is 4.79 Å². The molecule has 0 aliphatic carbocycles. The molecule has 0 aliphatic rings. The summed E-state index contributed by atoms with van der Waals surface area (Å²) in [7, 11) is 1.40. The van der Waals surface area contributed by atoms with Gasteiger partial charge < -0.3 is 9.47 Å². The van der Waals surface area contributed by atoms with Crippen molar-refractivity contribution in [1.29, 1.82) is 0 Å². The lowest BCUT2D eigenvalue weighted by Crippen LogP contribution is -2.05. The highest BCUT2D eigenvalue weighted by Gasteiger charge is 2.04. The first-order valence-electron chi connectivity index (χ1n) is 6.50. The Balaban J connectivity index is 2.34. The molecule has 0 bridgehead atoms. The lowest BCUT2D eigenvalue weighted by atomic mass is 10.1. The quantitative estimate of drug-likeness (QED) is 0.540. The van der Waals surface area contributed by atoms with Crippen LogP contribution >= 0.6 is 15.9 Å². The van der Waals surface area contributed by atoms with E-state index in [-0.39, 0.29) is 5.97 Å². The SMILES string of the molecule is COC(=O)Cc1ccc(OCCC(C)CCBr)cc1. The van der Waals surface area contributed by atoms with Crippen LogP contribution in [0.15, 0.2) is 24.3 Å². The number of carbonyl (C=O) groups excluding carboxylic acids is 1. The van der Waals surface area contributed by atoms with Crippen LogP contribution in [0.25, 0.3) is 0 Å². The predicted molar refractivity (Wildman–Crippen MR) is 79.8 cm³/mol. The maximum atomic E-state index is 11.1. The molecule has 0 radical (unpaired) electrons. The van der Waals surface area contributed by atoms with Crippen molar-refractivity contribution in [3.05, 3.63) is 29.8 Å². The molecule has 0 amide bonds. The molecule has 0 saturated heterocycles. The van der Waals surface area contributed by atoms with Gasteiger partial charge >= 0.3 is 5.97 Å². The number of carbonyl (C=O) groups is 1. The Morgan fingerprint density at radius 2 is 1.95 bits per heavy atom. The number of hydrogen-bond acceptors (Lipinski definition) is 3. The van der Waals surface area contributed by atoms with Gasteiger partial charge in [0.1, 0.15) is 5.75 Å². The van der Waals surface area contributed by atoms with Gasteiger partial charge in [0.2, 0.25) is 0 Å². The summed E-state index contributed by atoms with van der Waals surface area (Å²) in [6.07, 6.45) is 2.52. The minimum atomic E-state index is -0.225. The van der Waals surface area contributed by atoms with Gasteiger partial charge in [0.25, 0.3) is 0 Å². The molecule has 0 heterocycles. The topological polar surface area (TPSA) is 35.5 Å². The van der Waals surface area contributed by atoms with E-state index < -0.39 is 0 Å². The van der Waals surface area contributed by atoms with Crippen LogP contribution in [0.4, 0.5) is 0 Å². The van der Waals surface area contributed by atoms with Gasteiger partial charge in [0.05, 0.1) is 20.1 Å². The fourth-order valence-corrected chi connectivity index (χ4v) is 2.43. The summed E-state index contributed by atoms with van der Waals surface area (Å²) in [6.45, 7) is 2.95. The van der Waals surface area contributed by atoms with Crippen molar-refractivity contribution in [2.75, 3.05) is 19.0 Å². The molecule has 1 unspecified atom stereocenters. The molecule has 0 fully saturated rings. The minimum Gasteiger partial charge on any atom is -0.494 e. The van der Waals surface area contributed by atoms with Crippen LogP contribution in [0.1, 0.15) is 25.3 Å². The molecule has 0 aliphatic heterocycles. The van der Waals surface area contributed by atoms with E-state index in [1.165, 1.54) is 13.5 Å². The van der Waals surface area contributed by atoms with E-state index in [4.69, 9.17) is 4.74 Å². The van der Waals surface area contributed by atoms with Crippen molar-refractivity contribution in [2.45, 2.75) is 26.2 Å². The van der Waals surface area contributed by atoms with Crippen molar-refractivity contribution in [1.82, 2.24) is 0 Å². The van der Waals surface area contributed by atoms with Gasteiger partial charge in [0, 0.05) is 5.33 Å². The third kappa shape index (κ3) is 6.62. The normalized spacial score (nSPS) is 11.9. The van der Waals surface area contributed by atoms with E-state index in [1.54, 1.807) is 0 Å². The molecule has 0 N–H and O–H groups in total. The average Bonchev–Trinajstić information content (AvgIpc) is 2.41. The zero-order valence-electron chi connectivity index (χ0n) is 11.5. The Hall–Kier alpha value is -1.03. The molecule has 0 spiro atoms. The van der Waals surface area contributed by atoms with Gasteiger partial charge in [-0.05, 0) is 36.5 Å². The van der Waals surface area contributed by atoms with Crippen LogP contribution in [-0.2, 0) is 16.0 Å². The molecule has 1 rings (SSSR count). The molecule has 19 heavy (non-hydrogen) atoms. The van der Waals surface area contributed by atoms with Crippen LogP contribution in [0.3, 0.4) is 0 Å². The van der Waals surface area contributed by atoms with Gasteiger partial charge in [-0.25, -0.2) is 0 Å². The largest absolute Gasteiger partial charge is 0.494 e. The second-order valence-corrected chi connectivity index (χ2v) is 5.41. The Labute approximate surface area is 123 Å². The minimum absolute atomic E-state index is 0.225. The molecular formula is C15H21BrO3. The third-order valence-corrected chi connectivity index (χ3v) is 3.44. The van der Waals surface area contributed by atoms with E-state index in [0.29, 0.717) is 12.3 Å². The van der Waals surface area contributed by atoms with E-state index >= 15 is 0 Å². The summed E-state index contributed by atoms with van der Waals surface area (Å²) in [5.74, 6) is 1.29. The smallest absolute Gasteiger partial charge is 0.309 e. The lowest BCUT2D eigenvalue weighted by molar-refractivity contribution is -0.139. The molecule has 3 nitrogen and oxygen atoms in total. The van der Waals surface area contributed by atoms with Crippen LogP contribution in [-0.4, -0.2) is 25.0 Å². The Kier molecular flexibility index (Phi) is 7.56. The second-order valence-electron chi connectivity index (χ2n) is 4.62. The van der Waals surface area contributed by atoms with Crippen molar-refractivity contribution < 1.29 is 14.3 Å². The summed E-state index contributed by atoms with van der Waals surface area (Å²) < 4.78 is 10.3. The fraction of sp³-hybridized carbons (Fsp3) is 0.533. The number of alkyl halides is 1. The van der Waals surface area contributed by atoms with Crippen molar-refractivity contribution in [2.24, 2.45) is 5.92 Å². The van der Waals surface area contributed by atoms with Crippen LogP contribution in [0.2, 0.25) is 0 Å². The van der Waals surface area contributed by atoms with Gasteiger partial charge in [-0.1, -0.05) is 35.0 Å². The summed E-state index contributed by atoms with van der Waals surface area (Å²) >= 11 is 3.44. The molecule has 0 saturated carbocycles. The summed E-state index contributed by atoms with van der Waals surface area (Å²) in [5.41, 5.74) is 0.937. The van der Waals surface area contributed by atoms with Gasteiger partial charge in [0.15, 0.2) is 0 Å². The number of benzene rings is 1. The van der Waals surface area contributed by atoms with Gasteiger partial charge in [-0.2, -0.15) is 0 Å². The Morgan fingerprint density at radius 3 is 2.53 bits per heavy atom. The number of methoxy groups -OCH3 is 1. The highest BCUT2D eigenvalue weighted by Crippen LogP contribution is 2.15. The number of hydrogen-bond donors (Lipinski definition) is 0. The first-order chi connectivity index (χ1) is 9.15. The average molecular weight is 329 g/mol. The first kappa shape index (κ1) is 16.0. The molecular weight excluding hydrogens is 308 g/mol. The number of ether oxygens (including phenoxy) is 2. The maximum Gasteiger partial charge on any atom is 0.309 e. The molecule has 1 aromatic rings. The zero-order chi connectivity index (χ0) is 14.1. The van der Waals surface area contributed by atoms with Crippen molar-refractivity contribution in [3.63, 3.8) is 0 Å². The first-order valence-corrected chi connectivity index (χ1v) is 7.62. The van der Waals surface area contributed by atoms with Crippen LogP contribution in [0.5, 0.6) is 5.75 Å². The van der Waals surface area contributed by atoms with E-state index in [1.807, 2.05) is 24.3 Å². The van der Waals surface area contributed by atoms with Gasteiger partial charge in [-0.15, -0.1) is 0 Å². The monoisotopic (exact) mass is 328 g/mol. The Bertz CT molecular complexity index is 375. The van der Waals surface area contributed by atoms with E-state index in [0.717, 1.165) is 29.7 Å². The predicted octanol–water partition coefficient (Wildman–Crippen LogP) is 3.59. The number of rotatable bonds is 8. The van der Waals surface area contributed by atoms with Crippen LogP contribution < -0.4 is 4.74 Å². The summed E-state index contributed by atoms with van der Waals surface area (Å²) in [5, 5.41) is 1.04. The van der Waals surface area contributed by atoms with Crippen LogP contribution in [0, 0.1) is 5.92 Å². The molecule has 106 valence electrons. The summed E-state index contributed by atoms with van der Waals surface area (Å²) in [4.78, 5) is 11.1. The number of halogens is 1.